The average molecular weight is 316 g/mol. The maximum absolute atomic E-state index is 12.5. The largest absolute Gasteiger partial charge is 0.339 e. The van der Waals surface area contributed by atoms with Crippen molar-refractivity contribution in [2.75, 3.05) is 26.2 Å². The van der Waals surface area contributed by atoms with E-state index in [1.54, 1.807) is 0 Å². The third-order valence-corrected chi connectivity index (χ3v) is 4.58. The van der Waals surface area contributed by atoms with Gasteiger partial charge in [-0.1, -0.05) is 37.1 Å². The molecule has 1 fully saturated rings. The molecule has 0 spiro atoms. The van der Waals surface area contributed by atoms with Gasteiger partial charge in [-0.25, -0.2) is 0 Å². The minimum absolute atomic E-state index is 0.166. The van der Waals surface area contributed by atoms with Crippen LogP contribution in [-0.2, 0) is 16.0 Å². The Hall–Kier alpha value is -1.84. The van der Waals surface area contributed by atoms with Crippen molar-refractivity contribution in [2.24, 2.45) is 0 Å². The summed E-state index contributed by atoms with van der Waals surface area (Å²) in [6.45, 7) is 8.84. The van der Waals surface area contributed by atoms with E-state index in [1.165, 1.54) is 5.56 Å². The van der Waals surface area contributed by atoms with E-state index >= 15 is 0 Å². The zero-order valence-electron chi connectivity index (χ0n) is 14.6. The molecule has 2 amide bonds. The van der Waals surface area contributed by atoms with Gasteiger partial charge in [0, 0.05) is 32.6 Å². The predicted molar refractivity (Wildman–Crippen MR) is 92.3 cm³/mol. The summed E-state index contributed by atoms with van der Waals surface area (Å²) in [5.41, 5.74) is 3.46. The monoisotopic (exact) mass is 316 g/mol. The van der Waals surface area contributed by atoms with E-state index in [4.69, 9.17) is 0 Å². The SMILES string of the molecule is CCCCC(=O)N1CCN(C(=O)Cc2cc(C)ccc2C)CC1. The van der Waals surface area contributed by atoms with Crippen LogP contribution in [0.25, 0.3) is 0 Å². The molecule has 0 radical (unpaired) electrons. The van der Waals surface area contributed by atoms with Crippen LogP contribution in [0.4, 0.5) is 0 Å². The molecule has 0 atom stereocenters. The lowest BCUT2D eigenvalue weighted by atomic mass is 10.0. The van der Waals surface area contributed by atoms with E-state index in [1.807, 2.05) is 23.6 Å². The van der Waals surface area contributed by atoms with Crippen LogP contribution in [0, 0.1) is 13.8 Å². The van der Waals surface area contributed by atoms with E-state index in [-0.39, 0.29) is 11.8 Å². The number of rotatable bonds is 5. The van der Waals surface area contributed by atoms with Crippen molar-refractivity contribution >= 4 is 11.8 Å². The maximum Gasteiger partial charge on any atom is 0.227 e. The second kappa shape index (κ2) is 8.14. The van der Waals surface area contributed by atoms with E-state index in [0.29, 0.717) is 39.0 Å². The Bertz CT molecular complexity index is 560. The molecular weight excluding hydrogens is 288 g/mol. The first-order valence-corrected chi connectivity index (χ1v) is 8.63. The van der Waals surface area contributed by atoms with Crippen molar-refractivity contribution in [1.29, 1.82) is 0 Å². The van der Waals surface area contributed by atoms with Crippen molar-refractivity contribution in [1.82, 2.24) is 9.80 Å². The average Bonchev–Trinajstić information content (AvgIpc) is 2.56. The van der Waals surface area contributed by atoms with Crippen LogP contribution in [0.2, 0.25) is 0 Å². The van der Waals surface area contributed by atoms with E-state index in [0.717, 1.165) is 24.0 Å². The molecule has 0 aliphatic carbocycles. The van der Waals surface area contributed by atoms with Gasteiger partial charge in [-0.15, -0.1) is 0 Å². The number of carbonyl (C=O) groups is 2. The lowest BCUT2D eigenvalue weighted by Gasteiger charge is -2.35. The fraction of sp³-hybridized carbons (Fsp3) is 0.579. The molecular formula is C19H28N2O2. The first-order valence-electron chi connectivity index (χ1n) is 8.63. The van der Waals surface area contributed by atoms with Crippen LogP contribution >= 0.6 is 0 Å². The molecule has 1 aliphatic heterocycles. The molecule has 1 saturated heterocycles. The summed E-state index contributed by atoms with van der Waals surface area (Å²) in [6.07, 6.45) is 3.08. The molecule has 2 rings (SSSR count). The van der Waals surface area contributed by atoms with Gasteiger partial charge >= 0.3 is 0 Å². The van der Waals surface area contributed by atoms with Gasteiger partial charge in [0.1, 0.15) is 0 Å². The summed E-state index contributed by atoms with van der Waals surface area (Å²) in [5, 5.41) is 0. The second-order valence-electron chi connectivity index (χ2n) is 6.47. The van der Waals surface area contributed by atoms with Crippen molar-refractivity contribution < 1.29 is 9.59 Å². The van der Waals surface area contributed by atoms with Crippen LogP contribution in [0.5, 0.6) is 0 Å². The standard InChI is InChI=1S/C19H28N2O2/c1-4-5-6-18(22)20-9-11-21(12-10-20)19(23)14-17-13-15(2)7-8-16(17)3/h7-8,13H,4-6,9-12,14H2,1-3H3. The molecule has 0 aromatic heterocycles. The highest BCUT2D eigenvalue weighted by molar-refractivity contribution is 5.80. The highest BCUT2D eigenvalue weighted by Crippen LogP contribution is 2.14. The molecule has 1 aliphatic rings. The molecule has 0 unspecified atom stereocenters. The Labute approximate surface area is 139 Å². The van der Waals surface area contributed by atoms with E-state index in [9.17, 15) is 9.59 Å². The fourth-order valence-electron chi connectivity index (χ4n) is 2.96. The molecule has 0 N–H and O–H groups in total. The summed E-state index contributed by atoms with van der Waals surface area (Å²) in [7, 11) is 0. The van der Waals surface area contributed by atoms with Gasteiger partial charge in [0.05, 0.1) is 6.42 Å². The number of unbranched alkanes of at least 4 members (excludes halogenated alkanes) is 1. The van der Waals surface area contributed by atoms with Crippen LogP contribution in [0.1, 0.15) is 42.9 Å². The Morgan fingerprint density at radius 2 is 1.61 bits per heavy atom. The number of amides is 2. The van der Waals surface area contributed by atoms with Crippen molar-refractivity contribution in [2.45, 2.75) is 46.5 Å². The van der Waals surface area contributed by atoms with Crippen LogP contribution < -0.4 is 0 Å². The third kappa shape index (κ3) is 4.81. The normalized spacial score (nSPS) is 14.9. The molecule has 4 nitrogen and oxygen atoms in total. The number of piperazine rings is 1. The smallest absolute Gasteiger partial charge is 0.227 e. The number of carbonyl (C=O) groups excluding carboxylic acids is 2. The first-order chi connectivity index (χ1) is 11.0. The van der Waals surface area contributed by atoms with Crippen molar-refractivity contribution in [3.05, 3.63) is 34.9 Å². The van der Waals surface area contributed by atoms with Gasteiger partial charge in [0.15, 0.2) is 0 Å². The van der Waals surface area contributed by atoms with Gasteiger partial charge in [-0.2, -0.15) is 0 Å². The number of nitrogens with zero attached hydrogens (tertiary/aromatic N) is 2. The zero-order valence-corrected chi connectivity index (χ0v) is 14.6. The zero-order chi connectivity index (χ0) is 16.8. The Balaban J connectivity index is 1.86. The Morgan fingerprint density at radius 3 is 2.22 bits per heavy atom. The molecule has 1 aromatic rings. The number of hydrogen-bond donors (Lipinski definition) is 0. The summed E-state index contributed by atoms with van der Waals surface area (Å²) in [6, 6.07) is 6.24. The molecule has 0 saturated carbocycles. The summed E-state index contributed by atoms with van der Waals surface area (Å²) in [5.74, 6) is 0.396. The molecule has 4 heteroatoms. The lowest BCUT2D eigenvalue weighted by Crippen LogP contribution is -2.51. The second-order valence-corrected chi connectivity index (χ2v) is 6.47. The number of aryl methyl sites for hydroxylation is 2. The maximum atomic E-state index is 12.5. The van der Waals surface area contributed by atoms with Crippen LogP contribution in [0.15, 0.2) is 18.2 Å². The van der Waals surface area contributed by atoms with Crippen LogP contribution in [-0.4, -0.2) is 47.8 Å². The summed E-state index contributed by atoms with van der Waals surface area (Å²) < 4.78 is 0. The molecule has 23 heavy (non-hydrogen) atoms. The van der Waals surface area contributed by atoms with E-state index < -0.39 is 0 Å². The molecule has 0 bridgehead atoms. The summed E-state index contributed by atoms with van der Waals surface area (Å²) in [4.78, 5) is 28.3. The third-order valence-electron chi connectivity index (χ3n) is 4.58. The first kappa shape index (κ1) is 17.5. The van der Waals surface area contributed by atoms with Crippen LogP contribution in [0.3, 0.4) is 0 Å². The van der Waals surface area contributed by atoms with Gasteiger partial charge in [0.2, 0.25) is 11.8 Å². The minimum atomic E-state index is 0.166. The number of hydrogen-bond acceptors (Lipinski definition) is 2. The molecule has 1 heterocycles. The highest BCUT2D eigenvalue weighted by Gasteiger charge is 2.23. The predicted octanol–water partition coefficient (Wildman–Crippen LogP) is 2.71. The minimum Gasteiger partial charge on any atom is -0.339 e. The van der Waals surface area contributed by atoms with Gasteiger partial charge in [-0.05, 0) is 31.4 Å². The topological polar surface area (TPSA) is 40.6 Å². The molecule has 1 aromatic carbocycles. The lowest BCUT2D eigenvalue weighted by molar-refractivity contribution is -0.139. The van der Waals surface area contributed by atoms with E-state index in [2.05, 4.69) is 25.1 Å². The van der Waals surface area contributed by atoms with Gasteiger partial charge in [0.25, 0.3) is 0 Å². The number of benzene rings is 1. The van der Waals surface area contributed by atoms with Gasteiger partial charge < -0.3 is 9.80 Å². The molecule has 126 valence electrons. The highest BCUT2D eigenvalue weighted by atomic mass is 16.2. The fourth-order valence-corrected chi connectivity index (χ4v) is 2.96. The quantitative estimate of drug-likeness (QED) is 0.838. The summed E-state index contributed by atoms with van der Waals surface area (Å²) >= 11 is 0. The Morgan fingerprint density at radius 1 is 1.00 bits per heavy atom. The van der Waals surface area contributed by atoms with Crippen molar-refractivity contribution in [3.63, 3.8) is 0 Å². The van der Waals surface area contributed by atoms with Gasteiger partial charge in [-0.3, -0.25) is 9.59 Å². The van der Waals surface area contributed by atoms with Crippen molar-refractivity contribution in [3.8, 4) is 0 Å². The Kier molecular flexibility index (Phi) is 6.20.